The number of rotatable bonds is 8. The second kappa shape index (κ2) is 9.90. The number of hydrogen-bond donors (Lipinski definition) is 2. The van der Waals surface area contributed by atoms with Crippen molar-refractivity contribution in [3.8, 4) is 0 Å². The molecule has 3 rings (SSSR count). The number of pyridine rings is 1. The summed E-state index contributed by atoms with van der Waals surface area (Å²) in [5, 5.41) is 3.29. The normalized spacial score (nSPS) is 14.4. The van der Waals surface area contributed by atoms with Crippen molar-refractivity contribution in [2.45, 2.75) is 20.4 Å². The van der Waals surface area contributed by atoms with E-state index < -0.39 is 10.0 Å². The molecule has 0 spiro atoms. The van der Waals surface area contributed by atoms with Crippen LogP contribution in [0.4, 0.5) is 11.5 Å². The number of piperazine rings is 1. The van der Waals surface area contributed by atoms with Crippen molar-refractivity contribution in [3.63, 3.8) is 0 Å². The molecule has 1 aromatic heterocycles. The van der Waals surface area contributed by atoms with Crippen LogP contribution in [0.25, 0.3) is 0 Å². The molecule has 1 aliphatic heterocycles. The topological polar surface area (TPSA) is 94.6 Å². The molecule has 0 bridgehead atoms. The van der Waals surface area contributed by atoms with Crippen LogP contribution in [0.1, 0.15) is 29.8 Å². The highest BCUT2D eigenvalue weighted by molar-refractivity contribution is 7.92. The Labute approximate surface area is 178 Å². The summed E-state index contributed by atoms with van der Waals surface area (Å²) >= 11 is 0. The third kappa shape index (κ3) is 5.48. The molecule has 1 amide bonds. The number of benzene rings is 1. The van der Waals surface area contributed by atoms with Crippen LogP contribution in [0, 0.1) is 0 Å². The van der Waals surface area contributed by atoms with Gasteiger partial charge in [-0.05, 0) is 25.5 Å². The molecule has 162 valence electrons. The van der Waals surface area contributed by atoms with Gasteiger partial charge in [-0.15, -0.1) is 0 Å². The third-order valence-corrected chi connectivity index (χ3v) is 6.36. The molecule has 1 aliphatic rings. The molecule has 1 saturated heterocycles. The van der Waals surface area contributed by atoms with Crippen LogP contribution >= 0.6 is 0 Å². The van der Waals surface area contributed by atoms with Crippen molar-refractivity contribution in [2.24, 2.45) is 0 Å². The molecule has 2 N–H and O–H groups in total. The molecule has 8 nitrogen and oxygen atoms in total. The van der Waals surface area contributed by atoms with Crippen LogP contribution < -0.4 is 14.9 Å². The molecule has 30 heavy (non-hydrogen) atoms. The molecule has 0 unspecified atom stereocenters. The van der Waals surface area contributed by atoms with Crippen molar-refractivity contribution in [1.82, 2.24) is 15.2 Å². The number of hydrogen-bond acceptors (Lipinski definition) is 6. The monoisotopic (exact) mass is 431 g/mol. The molecule has 9 heteroatoms. The Balaban J connectivity index is 1.95. The van der Waals surface area contributed by atoms with Gasteiger partial charge in [0.2, 0.25) is 10.0 Å². The van der Waals surface area contributed by atoms with Gasteiger partial charge in [-0.1, -0.05) is 30.3 Å². The maximum Gasteiger partial charge on any atom is 0.257 e. The summed E-state index contributed by atoms with van der Waals surface area (Å²) in [6.07, 6.45) is 1.48. The second-order valence-electron chi connectivity index (χ2n) is 7.14. The van der Waals surface area contributed by atoms with Gasteiger partial charge in [0.05, 0.1) is 23.2 Å². The Morgan fingerprint density at radius 1 is 1.20 bits per heavy atom. The number of anilines is 2. The Kier molecular flexibility index (Phi) is 7.28. The predicted octanol–water partition coefficient (Wildman–Crippen LogP) is 1.92. The second-order valence-corrected chi connectivity index (χ2v) is 9.15. The zero-order chi connectivity index (χ0) is 21.6. The first-order chi connectivity index (χ1) is 14.4. The average Bonchev–Trinajstić information content (AvgIpc) is 2.78. The maximum atomic E-state index is 13.5. The SMILES string of the molecule is CCN(Cc1ccccc1)C(=O)c1cc(NS(=O)(=O)CC)cnc1N1CCNCC1. The lowest BCUT2D eigenvalue weighted by molar-refractivity contribution is 0.0752. The van der Waals surface area contributed by atoms with E-state index in [1.54, 1.807) is 17.9 Å². The number of nitrogens with one attached hydrogen (secondary N) is 2. The quantitative estimate of drug-likeness (QED) is 0.663. The fraction of sp³-hybridized carbons (Fsp3) is 0.429. The Morgan fingerprint density at radius 2 is 1.90 bits per heavy atom. The zero-order valence-corrected chi connectivity index (χ0v) is 18.3. The van der Waals surface area contributed by atoms with Crippen molar-refractivity contribution < 1.29 is 13.2 Å². The lowest BCUT2D eigenvalue weighted by Crippen LogP contribution is -2.45. The number of aromatic nitrogens is 1. The molecule has 2 aromatic rings. The number of amides is 1. The highest BCUT2D eigenvalue weighted by atomic mass is 32.2. The minimum absolute atomic E-state index is 0.0507. The summed E-state index contributed by atoms with van der Waals surface area (Å²) in [6.45, 7) is 7.58. The Bertz CT molecular complexity index is 960. The van der Waals surface area contributed by atoms with Gasteiger partial charge in [0.15, 0.2) is 0 Å². The lowest BCUT2D eigenvalue weighted by Gasteiger charge is -2.31. The van der Waals surface area contributed by atoms with Gasteiger partial charge in [-0.25, -0.2) is 13.4 Å². The van der Waals surface area contributed by atoms with Crippen LogP contribution in [0.15, 0.2) is 42.6 Å². The summed E-state index contributed by atoms with van der Waals surface area (Å²) in [5.41, 5.74) is 1.74. The first kappa shape index (κ1) is 22.0. The number of carbonyl (C=O) groups is 1. The average molecular weight is 432 g/mol. The van der Waals surface area contributed by atoms with Crippen LogP contribution in [-0.2, 0) is 16.6 Å². The van der Waals surface area contributed by atoms with Crippen LogP contribution in [0.5, 0.6) is 0 Å². The van der Waals surface area contributed by atoms with E-state index in [1.807, 2.05) is 37.3 Å². The summed E-state index contributed by atoms with van der Waals surface area (Å²) < 4.78 is 26.5. The van der Waals surface area contributed by atoms with E-state index in [-0.39, 0.29) is 11.7 Å². The molecule has 1 aromatic carbocycles. The molecule has 0 atom stereocenters. The molecular weight excluding hydrogens is 402 g/mol. The van der Waals surface area contributed by atoms with Crippen molar-refractivity contribution in [3.05, 3.63) is 53.7 Å². The number of nitrogens with zero attached hydrogens (tertiary/aromatic N) is 3. The van der Waals surface area contributed by atoms with Crippen molar-refractivity contribution in [2.75, 3.05) is 48.1 Å². The van der Waals surface area contributed by atoms with E-state index in [1.165, 1.54) is 6.20 Å². The number of sulfonamides is 1. The van der Waals surface area contributed by atoms with E-state index >= 15 is 0 Å². The molecule has 0 radical (unpaired) electrons. The first-order valence-corrected chi connectivity index (χ1v) is 11.9. The molecule has 1 fully saturated rings. The maximum absolute atomic E-state index is 13.5. The van der Waals surface area contributed by atoms with Gasteiger partial charge in [0.1, 0.15) is 5.82 Å². The van der Waals surface area contributed by atoms with Crippen LogP contribution in [0.3, 0.4) is 0 Å². The first-order valence-electron chi connectivity index (χ1n) is 10.2. The van der Waals surface area contributed by atoms with Gasteiger partial charge in [-0.2, -0.15) is 0 Å². The lowest BCUT2D eigenvalue weighted by atomic mass is 10.1. The van der Waals surface area contributed by atoms with Gasteiger partial charge in [-0.3, -0.25) is 9.52 Å². The number of carbonyl (C=O) groups excluding carboxylic acids is 1. The fourth-order valence-corrected chi connectivity index (χ4v) is 3.97. The zero-order valence-electron chi connectivity index (χ0n) is 17.5. The van der Waals surface area contributed by atoms with Crippen molar-refractivity contribution >= 4 is 27.4 Å². The van der Waals surface area contributed by atoms with Gasteiger partial charge >= 0.3 is 0 Å². The molecular formula is C21H29N5O3S. The van der Waals surface area contributed by atoms with Crippen molar-refractivity contribution in [1.29, 1.82) is 0 Å². The Hall–Kier alpha value is -2.65. The van der Waals surface area contributed by atoms with E-state index in [2.05, 4.69) is 19.9 Å². The summed E-state index contributed by atoms with van der Waals surface area (Å²) in [6, 6.07) is 11.4. The van der Waals surface area contributed by atoms with E-state index in [4.69, 9.17) is 0 Å². The smallest absolute Gasteiger partial charge is 0.257 e. The highest BCUT2D eigenvalue weighted by Gasteiger charge is 2.24. The van der Waals surface area contributed by atoms with E-state index in [0.717, 1.165) is 31.7 Å². The van der Waals surface area contributed by atoms with Crippen LogP contribution in [-0.4, -0.2) is 62.7 Å². The third-order valence-electron chi connectivity index (χ3n) is 5.05. The standard InChI is InChI=1S/C21H29N5O3S/c1-3-25(16-17-8-6-5-7-9-17)21(27)19-14-18(24-30(28,29)4-2)15-23-20(19)26-12-10-22-11-13-26/h5-9,14-15,22,24H,3-4,10-13,16H2,1-2H3. The summed E-state index contributed by atoms with van der Waals surface area (Å²) in [7, 11) is -3.47. The minimum atomic E-state index is -3.47. The minimum Gasteiger partial charge on any atom is -0.353 e. The predicted molar refractivity (Wildman–Crippen MR) is 119 cm³/mol. The highest BCUT2D eigenvalue weighted by Crippen LogP contribution is 2.25. The summed E-state index contributed by atoms with van der Waals surface area (Å²) in [5.74, 6) is 0.373. The molecule has 0 aliphatic carbocycles. The molecule has 2 heterocycles. The van der Waals surface area contributed by atoms with Gasteiger partial charge in [0, 0.05) is 39.3 Å². The summed E-state index contributed by atoms with van der Waals surface area (Å²) in [4.78, 5) is 21.8. The Morgan fingerprint density at radius 3 is 2.53 bits per heavy atom. The van der Waals surface area contributed by atoms with E-state index in [9.17, 15) is 13.2 Å². The molecule has 0 saturated carbocycles. The van der Waals surface area contributed by atoms with Gasteiger partial charge < -0.3 is 15.1 Å². The van der Waals surface area contributed by atoms with Crippen LogP contribution in [0.2, 0.25) is 0 Å². The largest absolute Gasteiger partial charge is 0.353 e. The van der Waals surface area contributed by atoms with E-state index in [0.29, 0.717) is 30.2 Å². The fourth-order valence-electron chi connectivity index (χ4n) is 3.35. The van der Waals surface area contributed by atoms with Gasteiger partial charge in [0.25, 0.3) is 5.91 Å².